The number of nitrogens with zero attached hydrogens (tertiary/aromatic N) is 1. The SMILES string of the molecule is C=C1N[C@@H]([C@@H](C)CC)C(=O)N[C@@H](CCC(N)=O)C(=O)N[C@@H](CC(N)=O)C(=O)N[C@H](C(=O)N2CCCC2C(=O)N[C@H](C(=O)NCC(N)=O)C(C)C)CCC(=O)NCC(=O)N[C@H]1Cc1ccc(O)cc1. The van der Waals surface area contributed by atoms with Crippen LogP contribution in [0.2, 0.25) is 0 Å². The van der Waals surface area contributed by atoms with E-state index in [0.717, 1.165) is 4.90 Å². The standard InChI is InChI=1S/C44H66N12O12/c1-6-23(4)38-43(67)52-27(13-15-32(45)58)39(63)54-30(19-33(46)59)40(64)53-28(44(68)56-17-7-8-31(56)41(65)55-37(22(2)3)42(66)49-20-34(47)60)14-16-35(61)48-21-36(62)51-29(24(5)50-38)18-25-9-11-26(57)12-10-25/h9-12,22-23,27-31,37-38,50,57H,5-8,13-21H2,1-4H3,(H2,45,58)(H2,46,59)(H2,47,60)(H,48,61)(H,49,66)(H,51,62)(H,52,67)(H,53,64)(H,54,63)(H,55,65)/t23-,27-,28-,29-,30-,31?,37-,38-/m0/s1. The summed E-state index contributed by atoms with van der Waals surface area (Å²) >= 11 is 0. The third-order valence-electron chi connectivity index (χ3n) is 11.6. The summed E-state index contributed by atoms with van der Waals surface area (Å²) in [5.74, 6) is -10.2. The number of primary amides is 3. The van der Waals surface area contributed by atoms with Crippen LogP contribution in [0.3, 0.4) is 0 Å². The fourth-order valence-electron chi connectivity index (χ4n) is 7.52. The molecule has 2 heterocycles. The highest BCUT2D eigenvalue weighted by atomic mass is 16.3. The van der Waals surface area contributed by atoms with Crippen LogP contribution >= 0.6 is 0 Å². The molecule has 1 unspecified atom stereocenters. The summed E-state index contributed by atoms with van der Waals surface area (Å²) in [7, 11) is 0. The number of hydrogen-bond donors (Lipinski definition) is 12. The van der Waals surface area contributed by atoms with Gasteiger partial charge in [0.1, 0.15) is 42.0 Å². The number of phenolic OH excluding ortho intramolecular Hbond substituents is 1. The Kier molecular flexibility index (Phi) is 21.2. The van der Waals surface area contributed by atoms with E-state index < -0.39 is 158 Å². The second-order valence-electron chi connectivity index (χ2n) is 17.3. The summed E-state index contributed by atoms with van der Waals surface area (Å²) in [6, 6.07) is -3.13. The van der Waals surface area contributed by atoms with Crippen molar-refractivity contribution in [2.45, 2.75) is 128 Å². The van der Waals surface area contributed by atoms with E-state index in [4.69, 9.17) is 17.2 Å². The molecule has 1 aromatic carbocycles. The van der Waals surface area contributed by atoms with Crippen LogP contribution < -0.4 is 59.7 Å². The lowest BCUT2D eigenvalue weighted by molar-refractivity contribution is -0.143. The van der Waals surface area contributed by atoms with Crippen LogP contribution in [0.1, 0.15) is 84.6 Å². The summed E-state index contributed by atoms with van der Waals surface area (Å²) in [5, 5.41) is 30.6. The second kappa shape index (κ2) is 26.2. The van der Waals surface area contributed by atoms with Crippen molar-refractivity contribution in [2.75, 3.05) is 19.6 Å². The average molecular weight is 955 g/mol. The number of hydrogen-bond acceptors (Lipinski definition) is 13. The van der Waals surface area contributed by atoms with Gasteiger partial charge in [0.25, 0.3) is 0 Å². The third-order valence-corrected chi connectivity index (χ3v) is 11.6. The maximum absolute atomic E-state index is 14.4. The Morgan fingerprint density at radius 1 is 0.809 bits per heavy atom. The zero-order valence-electron chi connectivity index (χ0n) is 38.8. The molecule has 2 fully saturated rings. The Labute approximate surface area is 393 Å². The van der Waals surface area contributed by atoms with Crippen molar-refractivity contribution in [2.24, 2.45) is 29.0 Å². The van der Waals surface area contributed by atoms with Crippen LogP contribution in [-0.4, -0.2) is 137 Å². The first-order chi connectivity index (χ1) is 32.0. The normalized spacial score (nSPS) is 23.3. The fourth-order valence-corrected chi connectivity index (χ4v) is 7.52. The van der Waals surface area contributed by atoms with E-state index in [1.165, 1.54) is 12.1 Å². The molecule has 2 aliphatic rings. The van der Waals surface area contributed by atoms with Gasteiger partial charge in [-0.1, -0.05) is 52.8 Å². The van der Waals surface area contributed by atoms with Gasteiger partial charge in [-0.25, -0.2) is 0 Å². The van der Waals surface area contributed by atoms with E-state index in [0.29, 0.717) is 18.4 Å². The zero-order chi connectivity index (χ0) is 50.8. The molecule has 68 heavy (non-hydrogen) atoms. The summed E-state index contributed by atoms with van der Waals surface area (Å²) in [6.07, 6.45) is -1.50. The van der Waals surface area contributed by atoms with E-state index in [-0.39, 0.29) is 37.3 Å². The topological polar surface area (TPSA) is 386 Å². The van der Waals surface area contributed by atoms with Gasteiger partial charge >= 0.3 is 0 Å². The molecular weight excluding hydrogens is 889 g/mol. The number of nitrogens with two attached hydrogens (primary N) is 3. The van der Waals surface area contributed by atoms with Crippen LogP contribution in [0, 0.1) is 11.8 Å². The summed E-state index contributed by atoms with van der Waals surface area (Å²) in [4.78, 5) is 147. The molecule has 2 saturated heterocycles. The maximum Gasteiger partial charge on any atom is 0.245 e. The molecule has 15 N–H and O–H groups in total. The molecule has 374 valence electrons. The van der Waals surface area contributed by atoms with Gasteiger partial charge in [0, 0.05) is 25.1 Å². The lowest BCUT2D eigenvalue weighted by Crippen LogP contribution is -2.60. The average Bonchev–Trinajstić information content (AvgIpc) is 3.78. The van der Waals surface area contributed by atoms with Crippen molar-refractivity contribution in [3.8, 4) is 5.75 Å². The largest absolute Gasteiger partial charge is 0.508 e. The highest BCUT2D eigenvalue weighted by Crippen LogP contribution is 2.21. The Morgan fingerprint density at radius 2 is 1.46 bits per heavy atom. The van der Waals surface area contributed by atoms with Crippen molar-refractivity contribution in [1.29, 1.82) is 0 Å². The number of nitrogens with one attached hydrogen (secondary N) is 8. The maximum atomic E-state index is 14.4. The minimum atomic E-state index is -1.78. The predicted molar refractivity (Wildman–Crippen MR) is 243 cm³/mol. The molecule has 11 amide bonds. The zero-order valence-corrected chi connectivity index (χ0v) is 38.8. The van der Waals surface area contributed by atoms with E-state index in [9.17, 15) is 57.8 Å². The fraction of sp³-hybridized carbons (Fsp3) is 0.568. The second-order valence-corrected chi connectivity index (χ2v) is 17.3. The van der Waals surface area contributed by atoms with Crippen LogP contribution in [0.25, 0.3) is 0 Å². The van der Waals surface area contributed by atoms with E-state index in [1.807, 2.05) is 0 Å². The van der Waals surface area contributed by atoms with Crippen LogP contribution in [-0.2, 0) is 59.2 Å². The molecule has 1 aromatic rings. The minimum absolute atomic E-state index is 0.00166. The number of aromatic hydroxyl groups is 1. The number of amides is 11. The number of carbonyl (C=O) groups excluding carboxylic acids is 11. The molecule has 2 aliphatic heterocycles. The van der Waals surface area contributed by atoms with E-state index in [2.05, 4.69) is 49.1 Å². The van der Waals surface area contributed by atoms with E-state index >= 15 is 0 Å². The van der Waals surface area contributed by atoms with Gasteiger partial charge < -0.3 is 69.7 Å². The molecule has 3 rings (SSSR count). The Bertz CT molecular complexity index is 2060. The molecule has 0 spiro atoms. The van der Waals surface area contributed by atoms with Gasteiger partial charge in [-0.05, 0) is 61.6 Å². The van der Waals surface area contributed by atoms with Gasteiger partial charge in [-0.15, -0.1) is 0 Å². The van der Waals surface area contributed by atoms with Crippen molar-refractivity contribution in [3.63, 3.8) is 0 Å². The monoisotopic (exact) mass is 954 g/mol. The van der Waals surface area contributed by atoms with Crippen molar-refractivity contribution < 1.29 is 57.8 Å². The summed E-state index contributed by atoms with van der Waals surface area (Å²) < 4.78 is 0. The number of rotatable bonds is 16. The number of likely N-dealkylation sites (tertiary alicyclic amines) is 1. The molecule has 0 bridgehead atoms. The molecule has 24 heteroatoms. The Balaban J connectivity index is 2.06. The van der Waals surface area contributed by atoms with Gasteiger partial charge in [0.2, 0.25) is 65.0 Å². The van der Waals surface area contributed by atoms with Gasteiger partial charge in [0.05, 0.1) is 25.6 Å². The molecule has 0 aliphatic carbocycles. The molecular formula is C44H66N12O12. The number of benzene rings is 1. The quantitative estimate of drug-likeness (QED) is 0.0757. The van der Waals surface area contributed by atoms with Crippen LogP contribution in [0.4, 0.5) is 0 Å². The third kappa shape index (κ3) is 17.2. The van der Waals surface area contributed by atoms with Crippen molar-refractivity contribution >= 4 is 65.0 Å². The highest BCUT2D eigenvalue weighted by molar-refractivity contribution is 5.99. The molecule has 0 radical (unpaired) electrons. The first kappa shape index (κ1) is 55.1. The first-order valence-corrected chi connectivity index (χ1v) is 22.4. The number of phenols is 1. The summed E-state index contributed by atoms with van der Waals surface area (Å²) in [5.41, 5.74) is 16.9. The predicted octanol–water partition coefficient (Wildman–Crippen LogP) is -3.82. The van der Waals surface area contributed by atoms with Crippen molar-refractivity contribution in [3.05, 3.63) is 42.1 Å². The van der Waals surface area contributed by atoms with Crippen LogP contribution in [0.15, 0.2) is 36.5 Å². The molecule has 0 saturated carbocycles. The first-order valence-electron chi connectivity index (χ1n) is 22.4. The molecule has 8 atom stereocenters. The number of carbonyl (C=O) groups is 11. The molecule has 24 nitrogen and oxygen atoms in total. The van der Waals surface area contributed by atoms with Crippen LogP contribution in [0.5, 0.6) is 5.75 Å². The highest BCUT2D eigenvalue weighted by Gasteiger charge is 2.41. The minimum Gasteiger partial charge on any atom is -0.508 e. The molecule has 0 aromatic heterocycles. The smallest absolute Gasteiger partial charge is 0.245 e. The van der Waals surface area contributed by atoms with Crippen molar-refractivity contribution in [1.82, 2.24) is 47.4 Å². The van der Waals surface area contributed by atoms with Gasteiger partial charge in [0.15, 0.2) is 0 Å². The lowest BCUT2D eigenvalue weighted by atomic mass is 9.95. The summed E-state index contributed by atoms with van der Waals surface area (Å²) in [6.45, 7) is 9.88. The lowest BCUT2D eigenvalue weighted by Gasteiger charge is -2.32. The Hall–Kier alpha value is -7.27. The van der Waals surface area contributed by atoms with E-state index in [1.54, 1.807) is 39.8 Å². The van der Waals surface area contributed by atoms with Gasteiger partial charge in [-0.3, -0.25) is 52.7 Å². The Morgan fingerprint density at radius 3 is 2.06 bits per heavy atom. The van der Waals surface area contributed by atoms with Gasteiger partial charge in [-0.2, -0.15) is 0 Å².